The van der Waals surface area contributed by atoms with Crippen LogP contribution in [0.5, 0.6) is 0 Å². The second-order valence-electron chi connectivity index (χ2n) is 6.68. The largest absolute Gasteiger partial charge is 0.481 e. The highest BCUT2D eigenvalue weighted by Gasteiger charge is 2.44. The number of carbonyl (C=O) groups is 2. The molecule has 1 aliphatic rings. The fraction of sp³-hybridized carbons (Fsp3) is 0.867. The third-order valence-corrected chi connectivity index (χ3v) is 6.00. The van der Waals surface area contributed by atoms with Gasteiger partial charge in [-0.3, -0.25) is 4.79 Å². The number of urea groups is 1. The minimum atomic E-state index is -1.04. The van der Waals surface area contributed by atoms with E-state index in [0.717, 1.165) is 25.0 Å². The number of carbonyl (C=O) groups excluding carboxylic acids is 1. The standard InChI is InChI=1S/C15H28N2O3S/c1-6-21-11-9-7-8-10(11)16-13(20)17-15(4,5)14(2,3)12(18)19/h10-11H,6-9H2,1-5H3,(H,18,19)(H2,16,17,20). The van der Waals surface area contributed by atoms with E-state index in [2.05, 4.69) is 17.6 Å². The van der Waals surface area contributed by atoms with Crippen molar-refractivity contribution in [2.45, 2.75) is 70.7 Å². The first-order valence-corrected chi connectivity index (χ1v) is 8.60. The highest BCUT2D eigenvalue weighted by atomic mass is 32.2. The maximum atomic E-state index is 12.2. The van der Waals surface area contributed by atoms with E-state index in [1.807, 2.05) is 11.8 Å². The van der Waals surface area contributed by atoms with Crippen molar-refractivity contribution in [2.75, 3.05) is 5.75 Å². The lowest BCUT2D eigenvalue weighted by Crippen LogP contribution is -2.60. The molecular weight excluding hydrogens is 288 g/mol. The van der Waals surface area contributed by atoms with Crippen LogP contribution in [-0.2, 0) is 4.79 Å². The first-order valence-electron chi connectivity index (χ1n) is 7.55. The fourth-order valence-corrected chi connectivity index (χ4v) is 3.61. The monoisotopic (exact) mass is 316 g/mol. The number of amides is 2. The van der Waals surface area contributed by atoms with Gasteiger partial charge in [-0.05, 0) is 46.3 Å². The van der Waals surface area contributed by atoms with Crippen molar-refractivity contribution in [3.8, 4) is 0 Å². The molecule has 21 heavy (non-hydrogen) atoms. The fourth-order valence-electron chi connectivity index (χ4n) is 2.42. The molecule has 2 atom stereocenters. The van der Waals surface area contributed by atoms with Gasteiger partial charge in [-0.1, -0.05) is 13.3 Å². The van der Waals surface area contributed by atoms with Gasteiger partial charge in [0, 0.05) is 11.3 Å². The van der Waals surface area contributed by atoms with Gasteiger partial charge in [0.15, 0.2) is 0 Å². The number of hydrogen-bond donors (Lipinski definition) is 3. The van der Waals surface area contributed by atoms with Gasteiger partial charge < -0.3 is 15.7 Å². The van der Waals surface area contributed by atoms with Gasteiger partial charge in [0.2, 0.25) is 0 Å². The zero-order chi connectivity index (χ0) is 16.3. The zero-order valence-corrected chi connectivity index (χ0v) is 14.5. The molecule has 0 aliphatic heterocycles. The van der Waals surface area contributed by atoms with E-state index < -0.39 is 16.9 Å². The molecule has 2 unspecified atom stereocenters. The van der Waals surface area contributed by atoms with Crippen molar-refractivity contribution in [1.82, 2.24) is 10.6 Å². The smallest absolute Gasteiger partial charge is 0.315 e. The molecule has 0 heterocycles. The maximum Gasteiger partial charge on any atom is 0.315 e. The van der Waals surface area contributed by atoms with Gasteiger partial charge in [-0.25, -0.2) is 4.79 Å². The lowest BCUT2D eigenvalue weighted by molar-refractivity contribution is -0.150. The van der Waals surface area contributed by atoms with Crippen LogP contribution in [0.25, 0.3) is 0 Å². The van der Waals surface area contributed by atoms with Crippen molar-refractivity contribution in [3.63, 3.8) is 0 Å². The van der Waals surface area contributed by atoms with Crippen molar-refractivity contribution < 1.29 is 14.7 Å². The van der Waals surface area contributed by atoms with Crippen LogP contribution in [0.4, 0.5) is 4.79 Å². The van der Waals surface area contributed by atoms with Gasteiger partial charge in [-0.2, -0.15) is 11.8 Å². The molecular formula is C15H28N2O3S. The van der Waals surface area contributed by atoms with Crippen LogP contribution in [-0.4, -0.2) is 39.7 Å². The number of rotatable bonds is 6. The van der Waals surface area contributed by atoms with Crippen LogP contribution in [0.2, 0.25) is 0 Å². The van der Waals surface area contributed by atoms with Gasteiger partial charge in [0.25, 0.3) is 0 Å². The summed E-state index contributed by atoms with van der Waals surface area (Å²) in [5.41, 5.74) is -1.88. The summed E-state index contributed by atoms with van der Waals surface area (Å²) in [6.07, 6.45) is 3.26. The summed E-state index contributed by atoms with van der Waals surface area (Å²) < 4.78 is 0. The van der Waals surface area contributed by atoms with Crippen molar-refractivity contribution in [2.24, 2.45) is 5.41 Å². The Morgan fingerprint density at radius 3 is 2.38 bits per heavy atom. The minimum absolute atomic E-state index is 0.179. The molecule has 1 saturated carbocycles. The van der Waals surface area contributed by atoms with E-state index in [-0.39, 0.29) is 12.1 Å². The molecule has 1 aliphatic carbocycles. The van der Waals surface area contributed by atoms with Crippen molar-refractivity contribution in [3.05, 3.63) is 0 Å². The second kappa shape index (κ2) is 6.90. The summed E-state index contributed by atoms with van der Waals surface area (Å²) in [5, 5.41) is 15.6. The predicted octanol–water partition coefficient (Wildman–Crippen LogP) is 2.85. The van der Waals surface area contributed by atoms with Crippen LogP contribution in [0.3, 0.4) is 0 Å². The number of nitrogens with one attached hydrogen (secondary N) is 2. The van der Waals surface area contributed by atoms with Crippen LogP contribution >= 0.6 is 11.8 Å². The van der Waals surface area contributed by atoms with Crippen molar-refractivity contribution in [1.29, 1.82) is 0 Å². The number of carboxylic acid groups (broad SMARTS) is 1. The average Bonchev–Trinajstić information content (AvgIpc) is 2.75. The Morgan fingerprint density at radius 1 is 1.24 bits per heavy atom. The quantitative estimate of drug-likeness (QED) is 0.704. The summed E-state index contributed by atoms with van der Waals surface area (Å²) in [6.45, 7) is 8.86. The highest BCUT2D eigenvalue weighted by Crippen LogP contribution is 2.32. The van der Waals surface area contributed by atoms with Crippen LogP contribution < -0.4 is 10.6 Å². The molecule has 3 N–H and O–H groups in total. The molecule has 0 aromatic heterocycles. The summed E-state index contributed by atoms with van der Waals surface area (Å²) in [4.78, 5) is 23.6. The molecule has 0 saturated heterocycles. The predicted molar refractivity (Wildman–Crippen MR) is 86.7 cm³/mol. The SMILES string of the molecule is CCSC1CCCC1NC(=O)NC(C)(C)C(C)(C)C(=O)O. The number of carboxylic acids is 1. The molecule has 6 heteroatoms. The molecule has 5 nitrogen and oxygen atoms in total. The van der Waals surface area contributed by atoms with Gasteiger partial charge in [0.1, 0.15) is 0 Å². The number of hydrogen-bond acceptors (Lipinski definition) is 3. The van der Waals surface area contributed by atoms with Gasteiger partial charge >= 0.3 is 12.0 Å². The maximum absolute atomic E-state index is 12.2. The van der Waals surface area contributed by atoms with Crippen LogP contribution in [0.1, 0.15) is 53.9 Å². The van der Waals surface area contributed by atoms with Gasteiger partial charge in [-0.15, -0.1) is 0 Å². The topological polar surface area (TPSA) is 78.4 Å². The third kappa shape index (κ3) is 4.28. The number of aliphatic carboxylic acids is 1. The molecule has 122 valence electrons. The Balaban J connectivity index is 2.62. The minimum Gasteiger partial charge on any atom is -0.481 e. The van der Waals surface area contributed by atoms with E-state index in [0.29, 0.717) is 5.25 Å². The van der Waals surface area contributed by atoms with E-state index in [4.69, 9.17) is 0 Å². The molecule has 2 amide bonds. The Hall–Kier alpha value is -0.910. The Kier molecular flexibility index (Phi) is 5.96. The molecule has 0 bridgehead atoms. The summed E-state index contributed by atoms with van der Waals surface area (Å²) >= 11 is 1.88. The second-order valence-corrected chi connectivity index (χ2v) is 8.20. The Bertz CT molecular complexity index is 396. The molecule has 0 radical (unpaired) electrons. The average molecular weight is 316 g/mol. The molecule has 1 fully saturated rings. The lowest BCUT2D eigenvalue weighted by Gasteiger charge is -2.39. The summed E-state index contributed by atoms with van der Waals surface area (Å²) in [7, 11) is 0. The van der Waals surface area contributed by atoms with E-state index >= 15 is 0 Å². The first kappa shape index (κ1) is 18.1. The summed E-state index contributed by atoms with van der Waals surface area (Å²) in [6, 6.07) is -0.0957. The Morgan fingerprint density at radius 2 is 1.86 bits per heavy atom. The highest BCUT2D eigenvalue weighted by molar-refractivity contribution is 7.99. The van der Waals surface area contributed by atoms with Gasteiger partial charge in [0.05, 0.1) is 11.0 Å². The normalized spacial score (nSPS) is 22.9. The molecule has 0 aromatic rings. The molecule has 1 rings (SSSR count). The van der Waals surface area contributed by atoms with E-state index in [9.17, 15) is 14.7 Å². The van der Waals surface area contributed by atoms with Crippen LogP contribution in [0, 0.1) is 5.41 Å². The summed E-state index contributed by atoms with van der Waals surface area (Å²) in [5.74, 6) is 0.121. The lowest BCUT2D eigenvalue weighted by atomic mass is 9.74. The van der Waals surface area contributed by atoms with E-state index in [1.54, 1.807) is 27.7 Å². The first-order chi connectivity index (χ1) is 9.61. The third-order valence-electron chi connectivity index (χ3n) is 4.67. The number of thioether (sulfide) groups is 1. The van der Waals surface area contributed by atoms with Crippen molar-refractivity contribution >= 4 is 23.8 Å². The zero-order valence-electron chi connectivity index (χ0n) is 13.7. The Labute approximate surface area is 131 Å². The van der Waals surface area contributed by atoms with E-state index in [1.165, 1.54) is 0 Å². The molecule has 0 aromatic carbocycles. The van der Waals surface area contributed by atoms with Crippen LogP contribution in [0.15, 0.2) is 0 Å². The molecule has 0 spiro atoms.